The maximum Gasteiger partial charge on any atom is 0.250 e. The zero-order chi connectivity index (χ0) is 21.7. The molecule has 3 amide bonds. The smallest absolute Gasteiger partial charge is 0.250 e. The Morgan fingerprint density at radius 1 is 1.06 bits per heavy atom. The van der Waals surface area contributed by atoms with Gasteiger partial charge in [0.1, 0.15) is 5.54 Å². The van der Waals surface area contributed by atoms with Crippen LogP contribution in [0.5, 0.6) is 0 Å². The number of nitrogens with one attached hydrogen (secondary N) is 1. The second-order valence-corrected chi connectivity index (χ2v) is 9.63. The van der Waals surface area contributed by atoms with Gasteiger partial charge in [-0.1, -0.05) is 40.9 Å². The Labute approximate surface area is 189 Å². The van der Waals surface area contributed by atoms with E-state index < -0.39 is 17.4 Å². The number of nitrogens with zero attached hydrogens (tertiary/aromatic N) is 2. The molecule has 4 aliphatic rings. The first-order valence-electron chi connectivity index (χ1n) is 10.4. The van der Waals surface area contributed by atoms with E-state index in [4.69, 9.17) is 23.2 Å². The average molecular weight is 456 g/mol. The van der Waals surface area contributed by atoms with E-state index in [1.807, 2.05) is 25.1 Å². The largest absolute Gasteiger partial charge is 0.324 e. The number of carbonyl (C=O) groups excluding carboxylic acids is 3. The molecule has 1 spiro atoms. The van der Waals surface area contributed by atoms with E-state index >= 15 is 0 Å². The quantitative estimate of drug-likeness (QED) is 0.665. The van der Waals surface area contributed by atoms with Crippen molar-refractivity contribution in [1.29, 1.82) is 0 Å². The van der Waals surface area contributed by atoms with Crippen LogP contribution in [0.15, 0.2) is 36.4 Å². The van der Waals surface area contributed by atoms with Crippen LogP contribution in [0.25, 0.3) is 0 Å². The molecule has 4 unspecified atom stereocenters. The van der Waals surface area contributed by atoms with Crippen molar-refractivity contribution < 1.29 is 14.4 Å². The molecule has 4 heterocycles. The maximum absolute atomic E-state index is 13.9. The summed E-state index contributed by atoms with van der Waals surface area (Å²) in [4.78, 5) is 44.4. The van der Waals surface area contributed by atoms with E-state index in [0.29, 0.717) is 22.9 Å². The number of rotatable bonds is 1. The Hall–Kier alpha value is -2.41. The molecule has 1 N–H and O–H groups in total. The fourth-order valence-electron chi connectivity index (χ4n) is 6.22. The van der Waals surface area contributed by atoms with Crippen LogP contribution < -0.4 is 10.2 Å². The zero-order valence-electron chi connectivity index (χ0n) is 16.7. The van der Waals surface area contributed by atoms with Crippen LogP contribution in [0.2, 0.25) is 10.0 Å². The second kappa shape index (κ2) is 6.31. The first-order chi connectivity index (χ1) is 14.9. The molecule has 6 rings (SSSR count). The van der Waals surface area contributed by atoms with E-state index in [9.17, 15) is 14.4 Å². The van der Waals surface area contributed by atoms with E-state index in [2.05, 4.69) is 10.2 Å². The van der Waals surface area contributed by atoms with Gasteiger partial charge in [0.15, 0.2) is 0 Å². The molecule has 4 aliphatic heterocycles. The van der Waals surface area contributed by atoms with E-state index in [-0.39, 0.29) is 28.8 Å². The van der Waals surface area contributed by atoms with Crippen LogP contribution in [-0.2, 0) is 19.9 Å². The molecule has 0 saturated carbocycles. The van der Waals surface area contributed by atoms with Gasteiger partial charge in [0, 0.05) is 22.3 Å². The second-order valence-electron chi connectivity index (χ2n) is 8.78. The van der Waals surface area contributed by atoms with Gasteiger partial charge in [-0.3, -0.25) is 19.3 Å². The third-order valence-electron chi connectivity index (χ3n) is 7.30. The molecule has 6 nitrogen and oxygen atoms in total. The number of carbonyl (C=O) groups is 3. The third kappa shape index (κ3) is 2.25. The molecule has 158 valence electrons. The van der Waals surface area contributed by atoms with Gasteiger partial charge >= 0.3 is 0 Å². The van der Waals surface area contributed by atoms with Gasteiger partial charge in [-0.25, -0.2) is 4.90 Å². The number of imide groups is 1. The standard InChI is InChI=1S/C23H19Cl2N3O3/c1-11-4-6-15-13(9-11)23(22(31)26-15)19-18(17-3-2-8-27(17)23)20(29)28(21(19)30)16-7-5-12(24)10-14(16)25/h4-7,9-10,17-19H,2-3,8H2,1H3,(H,26,31). The van der Waals surface area contributed by atoms with Crippen LogP contribution in [0.3, 0.4) is 0 Å². The van der Waals surface area contributed by atoms with Crippen LogP contribution in [0.1, 0.15) is 24.0 Å². The van der Waals surface area contributed by atoms with Gasteiger partial charge in [0.2, 0.25) is 17.7 Å². The van der Waals surface area contributed by atoms with Crippen LogP contribution in [0, 0.1) is 18.8 Å². The molecule has 3 fully saturated rings. The summed E-state index contributed by atoms with van der Waals surface area (Å²) in [6.07, 6.45) is 1.66. The van der Waals surface area contributed by atoms with Crippen molar-refractivity contribution in [2.24, 2.45) is 11.8 Å². The molecular weight excluding hydrogens is 437 g/mol. The first kappa shape index (κ1) is 19.3. The molecule has 8 heteroatoms. The van der Waals surface area contributed by atoms with Gasteiger partial charge in [-0.2, -0.15) is 0 Å². The van der Waals surface area contributed by atoms with Crippen molar-refractivity contribution in [2.75, 3.05) is 16.8 Å². The summed E-state index contributed by atoms with van der Waals surface area (Å²) in [5.74, 6) is -2.27. The highest BCUT2D eigenvalue weighted by atomic mass is 35.5. The van der Waals surface area contributed by atoms with Gasteiger partial charge in [-0.15, -0.1) is 0 Å². The molecule has 0 aromatic heterocycles. The predicted octanol–water partition coefficient (Wildman–Crippen LogP) is 3.73. The van der Waals surface area contributed by atoms with E-state index in [0.717, 1.165) is 24.0 Å². The maximum atomic E-state index is 13.9. The lowest BCUT2D eigenvalue weighted by Gasteiger charge is -2.36. The fraction of sp³-hybridized carbons (Fsp3) is 0.348. The Morgan fingerprint density at radius 3 is 2.65 bits per heavy atom. The zero-order valence-corrected chi connectivity index (χ0v) is 18.2. The summed E-state index contributed by atoms with van der Waals surface area (Å²) >= 11 is 12.4. The molecule has 0 aliphatic carbocycles. The minimum Gasteiger partial charge on any atom is -0.324 e. The van der Waals surface area contributed by atoms with Crippen molar-refractivity contribution in [3.63, 3.8) is 0 Å². The summed E-state index contributed by atoms with van der Waals surface area (Å²) in [6.45, 7) is 2.65. The van der Waals surface area contributed by atoms with Crippen LogP contribution in [-0.4, -0.2) is 35.2 Å². The normalized spacial score (nSPS) is 31.4. The molecule has 4 atom stereocenters. The van der Waals surface area contributed by atoms with Crippen molar-refractivity contribution >= 4 is 52.3 Å². The topological polar surface area (TPSA) is 69.7 Å². The molecule has 0 radical (unpaired) electrons. The van der Waals surface area contributed by atoms with Crippen LogP contribution in [0.4, 0.5) is 11.4 Å². The Kier molecular flexibility index (Phi) is 3.93. The average Bonchev–Trinajstić information content (AvgIpc) is 3.42. The highest BCUT2D eigenvalue weighted by Crippen LogP contribution is 2.61. The van der Waals surface area contributed by atoms with Gasteiger partial charge in [0.25, 0.3) is 0 Å². The molecule has 2 aromatic carbocycles. The summed E-state index contributed by atoms with van der Waals surface area (Å²) in [7, 11) is 0. The Morgan fingerprint density at radius 2 is 1.87 bits per heavy atom. The monoisotopic (exact) mass is 455 g/mol. The van der Waals surface area contributed by atoms with Crippen molar-refractivity contribution in [3.05, 3.63) is 57.6 Å². The summed E-state index contributed by atoms with van der Waals surface area (Å²) < 4.78 is 0. The number of benzene rings is 2. The fourth-order valence-corrected chi connectivity index (χ4v) is 6.71. The highest BCUT2D eigenvalue weighted by Gasteiger charge is 2.74. The number of amides is 3. The first-order valence-corrected chi connectivity index (χ1v) is 11.1. The van der Waals surface area contributed by atoms with Crippen molar-refractivity contribution in [2.45, 2.75) is 31.3 Å². The number of halogens is 2. The number of aryl methyl sites for hydroxylation is 1. The van der Waals surface area contributed by atoms with Gasteiger partial charge in [-0.05, 0) is 50.6 Å². The lowest BCUT2D eigenvalue weighted by Crippen LogP contribution is -2.54. The molecule has 2 aromatic rings. The van der Waals surface area contributed by atoms with E-state index in [1.165, 1.54) is 11.0 Å². The Balaban J connectivity index is 1.57. The third-order valence-corrected chi connectivity index (χ3v) is 7.84. The van der Waals surface area contributed by atoms with Crippen LogP contribution >= 0.6 is 23.2 Å². The van der Waals surface area contributed by atoms with Gasteiger partial charge < -0.3 is 5.32 Å². The highest BCUT2D eigenvalue weighted by molar-refractivity contribution is 6.38. The SMILES string of the molecule is Cc1ccc2c(c1)C1(C(=O)N2)C2C(=O)N(c3ccc(Cl)cc3Cl)C(=O)C2C2CCCN21. The number of anilines is 2. The van der Waals surface area contributed by atoms with Crippen molar-refractivity contribution in [1.82, 2.24) is 4.90 Å². The summed E-state index contributed by atoms with van der Waals surface area (Å²) in [5, 5.41) is 3.64. The predicted molar refractivity (Wildman–Crippen MR) is 117 cm³/mol. The minimum absolute atomic E-state index is 0.158. The number of fused-ring (bicyclic) bond motifs is 7. The van der Waals surface area contributed by atoms with Gasteiger partial charge in [0.05, 0.1) is 22.5 Å². The molecule has 0 bridgehead atoms. The molecule has 3 saturated heterocycles. The number of hydrogen-bond acceptors (Lipinski definition) is 4. The summed E-state index contributed by atoms with van der Waals surface area (Å²) in [6, 6.07) is 10.4. The lowest BCUT2D eigenvalue weighted by molar-refractivity contribution is -0.135. The lowest BCUT2D eigenvalue weighted by atomic mass is 9.75. The molecular formula is C23H19Cl2N3O3. The summed E-state index contributed by atoms with van der Waals surface area (Å²) in [5.41, 5.74) is 1.65. The van der Waals surface area contributed by atoms with Crippen molar-refractivity contribution in [3.8, 4) is 0 Å². The number of hydrogen-bond donors (Lipinski definition) is 1. The minimum atomic E-state index is -1.17. The molecule has 31 heavy (non-hydrogen) atoms. The Bertz CT molecular complexity index is 1200. The van der Waals surface area contributed by atoms with E-state index in [1.54, 1.807) is 12.1 Å².